The molecule has 5 atom stereocenters. The summed E-state index contributed by atoms with van der Waals surface area (Å²) in [6.45, 7) is 0.890. The summed E-state index contributed by atoms with van der Waals surface area (Å²) in [4.78, 5) is 22.2. The summed E-state index contributed by atoms with van der Waals surface area (Å²) >= 11 is 0. The summed E-state index contributed by atoms with van der Waals surface area (Å²) in [5.74, 6) is 0. The van der Waals surface area contributed by atoms with Crippen LogP contribution in [0.1, 0.15) is 13.3 Å². The van der Waals surface area contributed by atoms with Crippen molar-refractivity contribution < 1.29 is 35.1 Å². The molecule has 0 spiro atoms. The third-order valence-corrected chi connectivity index (χ3v) is 3.09. The number of aliphatic hydroxyl groups is 5. The number of carbonyl (C=O) groups excluding carboxylic acids is 1. The van der Waals surface area contributed by atoms with Gasteiger partial charge in [-0.2, -0.15) is 5.01 Å². The zero-order valence-electron chi connectivity index (χ0n) is 11.3. The van der Waals surface area contributed by atoms with Gasteiger partial charge in [-0.1, -0.05) is 6.92 Å². The standard InChI is InChI=1S/C10H19N3O8/c1-2-3-13(12-20)9(18)11-10(19)7(16)6(15)5(4-14)21-8(10)17/h5-8,14-17,19H,2-4H2,1H3,(H,11,18)/t5-,6-,7+,8?,10-/m1/s1. The number of hydrogen-bond donors (Lipinski definition) is 6. The molecular formula is C10H19N3O8. The SMILES string of the molecule is CCCN(N=O)C(=O)N[C@]1(O)C(O)O[C@H](CO)[C@@H](O)[C@@H]1O. The first-order valence-corrected chi connectivity index (χ1v) is 6.27. The summed E-state index contributed by atoms with van der Waals surface area (Å²) in [6.07, 6.45) is -6.91. The van der Waals surface area contributed by atoms with Crippen molar-refractivity contribution in [1.29, 1.82) is 0 Å². The predicted molar refractivity (Wildman–Crippen MR) is 66.3 cm³/mol. The maximum Gasteiger partial charge on any atom is 0.342 e. The molecule has 1 fully saturated rings. The highest BCUT2D eigenvalue weighted by atomic mass is 16.6. The van der Waals surface area contributed by atoms with Gasteiger partial charge in [0.05, 0.1) is 11.9 Å². The molecular weight excluding hydrogens is 290 g/mol. The number of ether oxygens (including phenoxy) is 1. The van der Waals surface area contributed by atoms with Crippen LogP contribution in [0.25, 0.3) is 0 Å². The van der Waals surface area contributed by atoms with E-state index in [-0.39, 0.29) is 6.54 Å². The molecule has 1 rings (SSSR count). The van der Waals surface area contributed by atoms with Crippen LogP contribution in [0, 0.1) is 4.91 Å². The lowest BCUT2D eigenvalue weighted by Gasteiger charge is -2.46. The molecule has 1 heterocycles. The van der Waals surface area contributed by atoms with Gasteiger partial charge >= 0.3 is 6.03 Å². The van der Waals surface area contributed by atoms with Gasteiger partial charge in [-0.05, 0) is 6.42 Å². The van der Waals surface area contributed by atoms with Gasteiger partial charge in [0.15, 0.2) is 0 Å². The highest BCUT2D eigenvalue weighted by Gasteiger charge is 2.55. The number of rotatable bonds is 5. The highest BCUT2D eigenvalue weighted by Crippen LogP contribution is 2.27. The van der Waals surface area contributed by atoms with Gasteiger partial charge in [0.1, 0.15) is 18.3 Å². The average molecular weight is 309 g/mol. The van der Waals surface area contributed by atoms with Crippen molar-refractivity contribution in [3.63, 3.8) is 0 Å². The summed E-state index contributed by atoms with van der Waals surface area (Å²) in [5, 5.41) is 52.8. The monoisotopic (exact) mass is 309 g/mol. The van der Waals surface area contributed by atoms with Crippen LogP contribution in [-0.2, 0) is 4.74 Å². The Morgan fingerprint density at radius 3 is 2.52 bits per heavy atom. The van der Waals surface area contributed by atoms with E-state index in [1.54, 1.807) is 12.2 Å². The van der Waals surface area contributed by atoms with E-state index in [1.165, 1.54) is 0 Å². The maximum absolute atomic E-state index is 11.7. The van der Waals surface area contributed by atoms with Crippen molar-refractivity contribution in [1.82, 2.24) is 10.3 Å². The van der Waals surface area contributed by atoms with E-state index in [4.69, 9.17) is 9.84 Å². The van der Waals surface area contributed by atoms with Crippen molar-refractivity contribution in [2.45, 2.75) is 43.7 Å². The Morgan fingerprint density at radius 2 is 2.05 bits per heavy atom. The fourth-order valence-electron chi connectivity index (χ4n) is 1.87. The second kappa shape index (κ2) is 7.06. The number of nitrogens with one attached hydrogen (secondary N) is 1. The second-order valence-electron chi connectivity index (χ2n) is 4.61. The number of hydrogen-bond acceptors (Lipinski definition) is 9. The lowest BCUT2D eigenvalue weighted by molar-refractivity contribution is -0.335. The minimum Gasteiger partial charge on any atom is -0.394 e. The van der Waals surface area contributed by atoms with Crippen molar-refractivity contribution in [3.8, 4) is 0 Å². The molecule has 0 radical (unpaired) electrons. The number of urea groups is 1. The van der Waals surface area contributed by atoms with Gasteiger partial charge in [-0.15, -0.1) is 4.91 Å². The topological polar surface area (TPSA) is 172 Å². The molecule has 11 heteroatoms. The largest absolute Gasteiger partial charge is 0.394 e. The molecule has 6 N–H and O–H groups in total. The molecule has 0 aromatic rings. The maximum atomic E-state index is 11.7. The molecule has 0 aromatic heterocycles. The van der Waals surface area contributed by atoms with Crippen molar-refractivity contribution in [2.75, 3.05) is 13.2 Å². The minimum absolute atomic E-state index is 0.0553. The average Bonchev–Trinajstić information content (AvgIpc) is 2.46. The zero-order chi connectivity index (χ0) is 16.2. The Morgan fingerprint density at radius 1 is 1.43 bits per heavy atom. The third-order valence-electron chi connectivity index (χ3n) is 3.09. The Labute approximate surface area is 119 Å². The van der Waals surface area contributed by atoms with Crippen LogP contribution in [0.15, 0.2) is 5.29 Å². The van der Waals surface area contributed by atoms with Crippen LogP contribution in [0.2, 0.25) is 0 Å². The van der Waals surface area contributed by atoms with Crippen LogP contribution < -0.4 is 5.32 Å². The molecule has 21 heavy (non-hydrogen) atoms. The molecule has 0 saturated carbocycles. The first-order chi connectivity index (χ1) is 9.81. The fraction of sp³-hybridized carbons (Fsp3) is 0.900. The Balaban J connectivity index is 2.88. The first-order valence-electron chi connectivity index (χ1n) is 6.27. The molecule has 122 valence electrons. The number of amides is 2. The fourth-order valence-corrected chi connectivity index (χ4v) is 1.87. The Hall–Kier alpha value is -1.37. The van der Waals surface area contributed by atoms with Gasteiger partial charge in [0, 0.05) is 6.54 Å². The number of aliphatic hydroxyl groups excluding tert-OH is 4. The number of nitroso groups, excluding NO2 is 1. The molecule has 1 saturated heterocycles. The lowest BCUT2D eigenvalue weighted by Crippen LogP contribution is -2.74. The van der Waals surface area contributed by atoms with Gasteiger partial charge in [-0.3, -0.25) is 0 Å². The molecule has 0 aromatic carbocycles. The van der Waals surface area contributed by atoms with E-state index >= 15 is 0 Å². The van der Waals surface area contributed by atoms with Crippen molar-refractivity contribution >= 4 is 6.03 Å². The molecule has 1 aliphatic heterocycles. The summed E-state index contributed by atoms with van der Waals surface area (Å²) < 4.78 is 4.71. The summed E-state index contributed by atoms with van der Waals surface area (Å²) in [7, 11) is 0. The highest BCUT2D eigenvalue weighted by molar-refractivity contribution is 5.74. The van der Waals surface area contributed by atoms with E-state index in [0.717, 1.165) is 0 Å². The van der Waals surface area contributed by atoms with Crippen molar-refractivity contribution in [2.24, 2.45) is 5.29 Å². The van der Waals surface area contributed by atoms with Crippen molar-refractivity contribution in [3.05, 3.63) is 4.91 Å². The number of carbonyl (C=O) groups is 1. The van der Waals surface area contributed by atoms with Crippen LogP contribution in [0.3, 0.4) is 0 Å². The lowest BCUT2D eigenvalue weighted by atomic mass is 9.93. The predicted octanol–water partition coefficient (Wildman–Crippen LogP) is -2.79. The normalized spacial score (nSPS) is 36.1. The smallest absolute Gasteiger partial charge is 0.342 e. The van der Waals surface area contributed by atoms with Crippen LogP contribution in [0.5, 0.6) is 0 Å². The summed E-state index contributed by atoms with van der Waals surface area (Å²) in [5.41, 5.74) is -2.77. The van der Waals surface area contributed by atoms with Crippen LogP contribution in [-0.4, -0.2) is 80.1 Å². The minimum atomic E-state index is -2.77. The van der Waals surface area contributed by atoms with Gasteiger partial charge in [-0.25, -0.2) is 4.79 Å². The number of nitrogens with zero attached hydrogens (tertiary/aromatic N) is 2. The molecule has 0 bridgehead atoms. The van der Waals surface area contributed by atoms with Crippen LogP contribution in [0.4, 0.5) is 4.79 Å². The third kappa shape index (κ3) is 3.45. The van der Waals surface area contributed by atoms with Gasteiger partial charge < -0.3 is 35.6 Å². The van der Waals surface area contributed by atoms with Gasteiger partial charge in [0.2, 0.25) is 12.0 Å². The molecule has 11 nitrogen and oxygen atoms in total. The van der Waals surface area contributed by atoms with E-state index in [9.17, 15) is 30.1 Å². The van der Waals surface area contributed by atoms with Crippen LogP contribution >= 0.6 is 0 Å². The zero-order valence-corrected chi connectivity index (χ0v) is 11.3. The second-order valence-corrected chi connectivity index (χ2v) is 4.61. The Kier molecular flexibility index (Phi) is 5.95. The quantitative estimate of drug-likeness (QED) is 0.179. The molecule has 0 aliphatic carbocycles. The van der Waals surface area contributed by atoms with E-state index in [0.29, 0.717) is 11.4 Å². The van der Waals surface area contributed by atoms with E-state index in [2.05, 4.69) is 5.29 Å². The summed E-state index contributed by atoms with van der Waals surface area (Å²) in [6, 6.07) is -1.19. The van der Waals surface area contributed by atoms with E-state index < -0.39 is 43.0 Å². The molecule has 1 aliphatic rings. The van der Waals surface area contributed by atoms with Gasteiger partial charge in [0.25, 0.3) is 0 Å². The first kappa shape index (κ1) is 17.7. The molecule has 2 amide bonds. The molecule has 1 unspecified atom stereocenters. The van der Waals surface area contributed by atoms with E-state index in [1.807, 2.05) is 0 Å². The Bertz CT molecular complexity index is 383.